The molecule has 1 amide bonds. The van der Waals surface area contributed by atoms with Crippen molar-refractivity contribution in [2.24, 2.45) is 0 Å². The Kier molecular flexibility index (Phi) is 6.10. The van der Waals surface area contributed by atoms with Crippen LogP contribution >= 0.6 is 0 Å². The topological polar surface area (TPSA) is 51.2 Å². The van der Waals surface area contributed by atoms with Gasteiger partial charge in [0, 0.05) is 31.6 Å². The Balaban J connectivity index is 2.21. The van der Waals surface area contributed by atoms with Crippen LogP contribution in [0.1, 0.15) is 38.3 Å². The number of aromatic nitrogens is 1. The van der Waals surface area contributed by atoms with Gasteiger partial charge in [0.1, 0.15) is 0 Å². The monoisotopic (exact) mass is 326 g/mol. The van der Waals surface area contributed by atoms with E-state index in [4.69, 9.17) is 4.74 Å². The number of carbonyl (C=O) groups is 1. The molecule has 1 N–H and O–H groups in total. The van der Waals surface area contributed by atoms with E-state index >= 15 is 0 Å². The zero-order valence-electron chi connectivity index (χ0n) is 14.9. The molecule has 0 atom stereocenters. The van der Waals surface area contributed by atoms with Gasteiger partial charge < -0.3 is 10.1 Å². The number of rotatable bonds is 7. The Hall–Kier alpha value is -2.20. The van der Waals surface area contributed by atoms with Gasteiger partial charge in [0.25, 0.3) is 0 Å². The molecular weight excluding hydrogens is 300 g/mol. The van der Waals surface area contributed by atoms with Crippen molar-refractivity contribution < 1.29 is 9.53 Å². The number of pyridine rings is 1. The van der Waals surface area contributed by atoms with E-state index in [1.807, 2.05) is 57.4 Å². The molecule has 1 aromatic carbocycles. The third kappa shape index (κ3) is 4.20. The predicted octanol–water partition coefficient (Wildman–Crippen LogP) is 3.70. The van der Waals surface area contributed by atoms with Crippen molar-refractivity contribution in [1.29, 1.82) is 0 Å². The first kappa shape index (κ1) is 18.1. The Bertz CT molecular complexity index is 678. The van der Waals surface area contributed by atoms with Crippen molar-refractivity contribution in [2.45, 2.75) is 39.2 Å². The van der Waals surface area contributed by atoms with Gasteiger partial charge in [-0.1, -0.05) is 31.2 Å². The first-order valence-corrected chi connectivity index (χ1v) is 8.31. The molecule has 0 saturated heterocycles. The van der Waals surface area contributed by atoms with Crippen LogP contribution in [0.25, 0.3) is 11.1 Å². The Morgan fingerprint density at radius 3 is 2.50 bits per heavy atom. The van der Waals surface area contributed by atoms with Crippen LogP contribution in [-0.2, 0) is 21.6 Å². The van der Waals surface area contributed by atoms with Crippen molar-refractivity contribution in [1.82, 2.24) is 10.3 Å². The smallest absolute Gasteiger partial charge is 0.230 e. The maximum Gasteiger partial charge on any atom is 0.230 e. The van der Waals surface area contributed by atoms with Crippen molar-refractivity contribution in [3.05, 3.63) is 53.9 Å². The van der Waals surface area contributed by atoms with Crippen LogP contribution in [0, 0.1) is 0 Å². The van der Waals surface area contributed by atoms with Crippen molar-refractivity contribution in [3.8, 4) is 11.1 Å². The van der Waals surface area contributed by atoms with E-state index in [1.54, 1.807) is 7.11 Å². The van der Waals surface area contributed by atoms with E-state index < -0.39 is 5.41 Å². The lowest BCUT2D eigenvalue weighted by molar-refractivity contribution is -0.125. The standard InChI is InChI=1S/C20H26N2O2/c1-5-10-22-19(23)20(2,3)18-8-6-16(7-9-18)17-11-15(14-24-4)12-21-13-17/h6-9,11-13H,5,10,14H2,1-4H3,(H,22,23). The van der Waals surface area contributed by atoms with Crippen LogP contribution in [0.2, 0.25) is 0 Å². The fraction of sp³-hybridized carbons (Fsp3) is 0.400. The van der Waals surface area contributed by atoms with Gasteiger partial charge in [-0.25, -0.2) is 0 Å². The summed E-state index contributed by atoms with van der Waals surface area (Å²) in [6, 6.07) is 10.2. The normalized spacial score (nSPS) is 11.3. The number of hydrogen-bond donors (Lipinski definition) is 1. The fourth-order valence-electron chi connectivity index (χ4n) is 2.56. The van der Waals surface area contributed by atoms with Gasteiger partial charge in [-0.2, -0.15) is 0 Å². The van der Waals surface area contributed by atoms with Crippen molar-refractivity contribution >= 4 is 5.91 Å². The second kappa shape index (κ2) is 8.06. The molecule has 24 heavy (non-hydrogen) atoms. The summed E-state index contributed by atoms with van der Waals surface area (Å²) in [6.07, 6.45) is 4.58. The summed E-state index contributed by atoms with van der Waals surface area (Å²) in [7, 11) is 1.67. The fourth-order valence-corrected chi connectivity index (χ4v) is 2.56. The second-order valence-electron chi connectivity index (χ2n) is 6.47. The van der Waals surface area contributed by atoms with E-state index in [0.29, 0.717) is 13.2 Å². The summed E-state index contributed by atoms with van der Waals surface area (Å²) in [5.41, 5.74) is 3.61. The highest BCUT2D eigenvalue weighted by Crippen LogP contribution is 2.27. The van der Waals surface area contributed by atoms with Gasteiger partial charge in [-0.05, 0) is 43.0 Å². The number of nitrogens with one attached hydrogen (secondary N) is 1. The molecule has 0 radical (unpaired) electrons. The Morgan fingerprint density at radius 2 is 1.88 bits per heavy atom. The molecule has 0 fully saturated rings. The highest BCUT2D eigenvalue weighted by molar-refractivity contribution is 5.87. The number of hydrogen-bond acceptors (Lipinski definition) is 3. The summed E-state index contributed by atoms with van der Waals surface area (Å²) in [4.78, 5) is 16.6. The number of ether oxygens (including phenoxy) is 1. The Morgan fingerprint density at radius 1 is 1.17 bits per heavy atom. The van der Waals surface area contributed by atoms with Gasteiger partial charge in [0.15, 0.2) is 0 Å². The molecule has 1 aromatic heterocycles. The van der Waals surface area contributed by atoms with Crippen molar-refractivity contribution in [3.63, 3.8) is 0 Å². The molecule has 2 aromatic rings. The molecule has 0 spiro atoms. The van der Waals surface area contributed by atoms with E-state index in [2.05, 4.69) is 16.4 Å². The van der Waals surface area contributed by atoms with E-state index in [0.717, 1.165) is 28.7 Å². The molecule has 0 bridgehead atoms. The zero-order chi connectivity index (χ0) is 17.6. The lowest BCUT2D eigenvalue weighted by atomic mass is 9.83. The molecule has 4 heteroatoms. The van der Waals surface area contributed by atoms with Crippen LogP contribution in [0.15, 0.2) is 42.7 Å². The van der Waals surface area contributed by atoms with Gasteiger partial charge in [0.05, 0.1) is 12.0 Å². The van der Waals surface area contributed by atoms with Crippen LogP contribution < -0.4 is 5.32 Å². The molecule has 0 saturated carbocycles. The molecule has 0 aliphatic rings. The van der Waals surface area contributed by atoms with Crippen LogP contribution in [-0.4, -0.2) is 24.5 Å². The highest BCUT2D eigenvalue weighted by atomic mass is 16.5. The molecule has 128 valence electrons. The van der Waals surface area contributed by atoms with Crippen LogP contribution in [0.5, 0.6) is 0 Å². The largest absolute Gasteiger partial charge is 0.380 e. The van der Waals surface area contributed by atoms with Gasteiger partial charge in [-0.3, -0.25) is 9.78 Å². The summed E-state index contributed by atoms with van der Waals surface area (Å²) in [5, 5.41) is 2.98. The molecule has 0 aliphatic heterocycles. The first-order chi connectivity index (χ1) is 11.5. The van der Waals surface area contributed by atoms with Crippen LogP contribution in [0.3, 0.4) is 0 Å². The van der Waals surface area contributed by atoms with E-state index in [9.17, 15) is 4.79 Å². The number of methoxy groups -OCH3 is 1. The quantitative estimate of drug-likeness (QED) is 0.844. The van der Waals surface area contributed by atoms with Gasteiger partial charge >= 0.3 is 0 Å². The molecule has 4 nitrogen and oxygen atoms in total. The average molecular weight is 326 g/mol. The average Bonchev–Trinajstić information content (AvgIpc) is 2.60. The highest BCUT2D eigenvalue weighted by Gasteiger charge is 2.29. The summed E-state index contributed by atoms with van der Waals surface area (Å²) in [5.74, 6) is 0.0564. The number of nitrogens with zero attached hydrogens (tertiary/aromatic N) is 1. The lowest BCUT2D eigenvalue weighted by Gasteiger charge is -2.24. The molecule has 2 rings (SSSR count). The summed E-state index contributed by atoms with van der Waals surface area (Å²) < 4.78 is 5.16. The summed E-state index contributed by atoms with van der Waals surface area (Å²) in [6.45, 7) is 7.21. The SMILES string of the molecule is CCCNC(=O)C(C)(C)c1ccc(-c2cncc(COC)c2)cc1. The van der Waals surface area contributed by atoms with E-state index in [-0.39, 0.29) is 5.91 Å². The molecule has 0 aliphatic carbocycles. The second-order valence-corrected chi connectivity index (χ2v) is 6.47. The minimum atomic E-state index is -0.552. The minimum absolute atomic E-state index is 0.0564. The number of carbonyl (C=O) groups excluding carboxylic acids is 1. The van der Waals surface area contributed by atoms with Gasteiger partial charge in [-0.15, -0.1) is 0 Å². The maximum atomic E-state index is 12.4. The Labute approximate surface area is 144 Å². The lowest BCUT2D eigenvalue weighted by Crippen LogP contribution is -2.40. The first-order valence-electron chi connectivity index (χ1n) is 8.31. The van der Waals surface area contributed by atoms with Crippen molar-refractivity contribution in [2.75, 3.05) is 13.7 Å². The zero-order valence-corrected chi connectivity index (χ0v) is 14.9. The summed E-state index contributed by atoms with van der Waals surface area (Å²) >= 11 is 0. The maximum absolute atomic E-state index is 12.4. The number of amides is 1. The van der Waals surface area contributed by atoms with Gasteiger partial charge in [0.2, 0.25) is 5.91 Å². The minimum Gasteiger partial charge on any atom is -0.380 e. The van der Waals surface area contributed by atoms with E-state index in [1.165, 1.54) is 0 Å². The molecule has 0 unspecified atom stereocenters. The van der Waals surface area contributed by atoms with Crippen LogP contribution in [0.4, 0.5) is 0 Å². The molecular formula is C20H26N2O2. The predicted molar refractivity (Wildman–Crippen MR) is 96.7 cm³/mol. The third-order valence-corrected chi connectivity index (χ3v) is 4.15. The molecule has 1 heterocycles. The third-order valence-electron chi connectivity index (χ3n) is 4.15. The number of benzene rings is 1.